The van der Waals surface area contributed by atoms with E-state index in [1.54, 1.807) is 14.2 Å². The number of hydrogen-bond acceptors (Lipinski definition) is 4. The van der Waals surface area contributed by atoms with Crippen LogP contribution in [-0.4, -0.2) is 39.9 Å². The second-order valence-electron chi connectivity index (χ2n) is 4.58. The van der Waals surface area contributed by atoms with E-state index >= 15 is 0 Å². The van der Waals surface area contributed by atoms with Crippen molar-refractivity contribution in [3.8, 4) is 11.5 Å². The molecule has 0 aromatic heterocycles. The van der Waals surface area contributed by atoms with E-state index in [0.717, 1.165) is 37.6 Å². The number of benzene rings is 1. The number of anilines is 1. The van der Waals surface area contributed by atoms with Crippen LogP contribution >= 0.6 is 0 Å². The van der Waals surface area contributed by atoms with E-state index in [9.17, 15) is 0 Å². The number of hydrogen-bond donors (Lipinski definition) is 1. The predicted octanol–water partition coefficient (Wildman–Crippen LogP) is 1.89. The van der Waals surface area contributed by atoms with Crippen molar-refractivity contribution in [1.29, 1.82) is 0 Å². The highest BCUT2D eigenvalue weighted by atomic mass is 16.5. The Labute approximate surface area is 109 Å². The molecule has 1 aliphatic rings. The minimum Gasteiger partial charge on any atom is -0.497 e. The largest absolute Gasteiger partial charge is 0.497 e. The Morgan fingerprint density at radius 2 is 1.89 bits per heavy atom. The van der Waals surface area contributed by atoms with Crippen LogP contribution in [0.15, 0.2) is 18.2 Å². The zero-order valence-corrected chi connectivity index (χ0v) is 11.4. The fraction of sp³-hybridized carbons (Fsp3) is 0.571. The molecule has 0 bridgehead atoms. The SMILES string of the molecule is CCC1CN(c2cc(OC)cc(OC)c2)CCN1. The molecule has 100 valence electrons. The molecule has 1 fully saturated rings. The number of rotatable bonds is 4. The monoisotopic (exact) mass is 250 g/mol. The average Bonchev–Trinajstić information content (AvgIpc) is 2.46. The number of methoxy groups -OCH3 is 2. The summed E-state index contributed by atoms with van der Waals surface area (Å²) in [6.45, 7) is 5.30. The van der Waals surface area contributed by atoms with E-state index in [4.69, 9.17) is 9.47 Å². The minimum absolute atomic E-state index is 0.566. The topological polar surface area (TPSA) is 33.7 Å². The Morgan fingerprint density at radius 1 is 1.22 bits per heavy atom. The van der Waals surface area contributed by atoms with Crippen LogP contribution in [-0.2, 0) is 0 Å². The Hall–Kier alpha value is -1.42. The van der Waals surface area contributed by atoms with Gasteiger partial charge in [0.1, 0.15) is 11.5 Å². The van der Waals surface area contributed by atoms with Gasteiger partial charge < -0.3 is 19.7 Å². The van der Waals surface area contributed by atoms with Crippen LogP contribution in [0.4, 0.5) is 5.69 Å². The van der Waals surface area contributed by atoms with E-state index in [1.807, 2.05) is 6.07 Å². The van der Waals surface area contributed by atoms with Gasteiger partial charge in [-0.3, -0.25) is 0 Å². The van der Waals surface area contributed by atoms with Gasteiger partial charge in [-0.2, -0.15) is 0 Å². The highest BCUT2D eigenvalue weighted by molar-refractivity contribution is 5.56. The first-order valence-corrected chi connectivity index (χ1v) is 6.48. The van der Waals surface area contributed by atoms with Gasteiger partial charge in [0.15, 0.2) is 0 Å². The van der Waals surface area contributed by atoms with Gasteiger partial charge in [0.25, 0.3) is 0 Å². The van der Waals surface area contributed by atoms with Crippen LogP contribution in [0, 0.1) is 0 Å². The van der Waals surface area contributed by atoms with E-state index in [1.165, 1.54) is 5.69 Å². The molecule has 18 heavy (non-hydrogen) atoms. The Bertz CT molecular complexity index is 373. The van der Waals surface area contributed by atoms with Gasteiger partial charge in [-0.05, 0) is 6.42 Å². The Balaban J connectivity index is 2.20. The van der Waals surface area contributed by atoms with Crippen LogP contribution in [0.25, 0.3) is 0 Å². The maximum absolute atomic E-state index is 5.32. The van der Waals surface area contributed by atoms with Crippen molar-refractivity contribution < 1.29 is 9.47 Å². The van der Waals surface area contributed by atoms with Crippen molar-refractivity contribution >= 4 is 5.69 Å². The third kappa shape index (κ3) is 2.88. The van der Waals surface area contributed by atoms with Crippen LogP contribution in [0.3, 0.4) is 0 Å². The molecule has 0 spiro atoms. The minimum atomic E-state index is 0.566. The maximum atomic E-state index is 5.32. The average molecular weight is 250 g/mol. The summed E-state index contributed by atoms with van der Waals surface area (Å²) in [6, 6.07) is 6.61. The molecule has 0 saturated carbocycles. The third-order valence-electron chi connectivity index (χ3n) is 3.45. The molecule has 1 saturated heterocycles. The molecule has 1 aliphatic heterocycles. The van der Waals surface area contributed by atoms with Gasteiger partial charge in [0, 0.05) is 49.6 Å². The van der Waals surface area contributed by atoms with Gasteiger partial charge in [0.2, 0.25) is 0 Å². The number of nitrogens with one attached hydrogen (secondary N) is 1. The molecule has 1 N–H and O–H groups in total. The van der Waals surface area contributed by atoms with E-state index in [0.29, 0.717) is 6.04 Å². The van der Waals surface area contributed by atoms with Crippen molar-refractivity contribution in [1.82, 2.24) is 5.32 Å². The highest BCUT2D eigenvalue weighted by Gasteiger charge is 2.19. The number of ether oxygens (including phenoxy) is 2. The van der Waals surface area contributed by atoms with Crippen molar-refractivity contribution in [3.63, 3.8) is 0 Å². The molecule has 1 unspecified atom stereocenters. The summed E-state index contributed by atoms with van der Waals surface area (Å²) in [7, 11) is 3.37. The summed E-state index contributed by atoms with van der Waals surface area (Å²) in [5.41, 5.74) is 1.17. The first kappa shape index (κ1) is 13.0. The van der Waals surface area contributed by atoms with Gasteiger partial charge in [-0.25, -0.2) is 0 Å². The molecular formula is C14H22N2O2. The van der Waals surface area contributed by atoms with Crippen LogP contribution in [0.5, 0.6) is 11.5 Å². The molecule has 4 nitrogen and oxygen atoms in total. The first-order chi connectivity index (χ1) is 8.76. The number of piperazine rings is 1. The zero-order chi connectivity index (χ0) is 13.0. The van der Waals surface area contributed by atoms with Gasteiger partial charge in [-0.15, -0.1) is 0 Å². The molecule has 4 heteroatoms. The summed E-state index contributed by atoms with van der Waals surface area (Å²) in [6.07, 6.45) is 1.15. The second kappa shape index (κ2) is 5.96. The normalized spacial score (nSPS) is 19.7. The lowest BCUT2D eigenvalue weighted by molar-refractivity contribution is 0.393. The molecule has 0 amide bonds. The van der Waals surface area contributed by atoms with Crippen molar-refractivity contribution in [3.05, 3.63) is 18.2 Å². The molecule has 0 aliphatic carbocycles. The fourth-order valence-corrected chi connectivity index (χ4v) is 2.31. The summed E-state index contributed by atoms with van der Waals surface area (Å²) in [5.74, 6) is 1.69. The zero-order valence-electron chi connectivity index (χ0n) is 11.4. The van der Waals surface area contributed by atoms with Crippen LogP contribution in [0.1, 0.15) is 13.3 Å². The quantitative estimate of drug-likeness (QED) is 0.885. The van der Waals surface area contributed by atoms with Crippen LogP contribution < -0.4 is 19.7 Å². The summed E-state index contributed by atoms with van der Waals surface area (Å²) in [4.78, 5) is 2.38. The Morgan fingerprint density at radius 3 is 2.44 bits per heavy atom. The molecule has 1 aromatic carbocycles. The van der Waals surface area contributed by atoms with Gasteiger partial charge in [0.05, 0.1) is 14.2 Å². The standard InChI is InChI=1S/C14H22N2O2/c1-4-11-10-16(6-5-15-11)12-7-13(17-2)9-14(8-12)18-3/h7-9,11,15H,4-6,10H2,1-3H3. The fourth-order valence-electron chi connectivity index (χ4n) is 2.31. The van der Waals surface area contributed by atoms with Crippen molar-refractivity contribution in [2.45, 2.75) is 19.4 Å². The van der Waals surface area contributed by atoms with E-state index in [2.05, 4.69) is 29.3 Å². The van der Waals surface area contributed by atoms with Crippen molar-refractivity contribution in [2.24, 2.45) is 0 Å². The molecule has 1 aromatic rings. The maximum Gasteiger partial charge on any atom is 0.124 e. The second-order valence-corrected chi connectivity index (χ2v) is 4.58. The molecule has 2 rings (SSSR count). The lowest BCUT2D eigenvalue weighted by Gasteiger charge is -2.35. The first-order valence-electron chi connectivity index (χ1n) is 6.48. The summed E-state index contributed by atoms with van der Waals surface area (Å²) in [5, 5.41) is 3.52. The summed E-state index contributed by atoms with van der Waals surface area (Å²) < 4.78 is 10.6. The lowest BCUT2D eigenvalue weighted by atomic mass is 10.1. The molecular weight excluding hydrogens is 228 g/mol. The Kier molecular flexibility index (Phi) is 4.31. The summed E-state index contributed by atoms with van der Waals surface area (Å²) >= 11 is 0. The smallest absolute Gasteiger partial charge is 0.124 e. The van der Waals surface area contributed by atoms with Crippen molar-refractivity contribution in [2.75, 3.05) is 38.8 Å². The highest BCUT2D eigenvalue weighted by Crippen LogP contribution is 2.29. The molecule has 1 heterocycles. The van der Waals surface area contributed by atoms with Gasteiger partial charge in [-0.1, -0.05) is 6.92 Å². The number of nitrogens with zero attached hydrogens (tertiary/aromatic N) is 1. The molecule has 1 atom stereocenters. The van der Waals surface area contributed by atoms with Gasteiger partial charge >= 0.3 is 0 Å². The third-order valence-corrected chi connectivity index (χ3v) is 3.45. The van der Waals surface area contributed by atoms with E-state index in [-0.39, 0.29) is 0 Å². The van der Waals surface area contributed by atoms with Crippen LogP contribution in [0.2, 0.25) is 0 Å². The molecule has 0 radical (unpaired) electrons. The predicted molar refractivity (Wildman–Crippen MR) is 73.8 cm³/mol. The van der Waals surface area contributed by atoms with E-state index < -0.39 is 0 Å². The lowest BCUT2D eigenvalue weighted by Crippen LogP contribution is -2.50.